The number of ether oxygens (including phenoxy) is 1. The van der Waals surface area contributed by atoms with Crippen molar-refractivity contribution < 1.29 is 4.74 Å². The average Bonchev–Trinajstić information content (AvgIpc) is 3.23. The van der Waals surface area contributed by atoms with Crippen LogP contribution in [0.3, 0.4) is 0 Å². The molecule has 4 nitrogen and oxygen atoms in total. The summed E-state index contributed by atoms with van der Waals surface area (Å²) < 4.78 is 7.93. The Hall–Kier alpha value is -2.82. The highest BCUT2D eigenvalue weighted by atomic mass is 35.5. The lowest BCUT2D eigenvalue weighted by atomic mass is 10.0. The number of halogens is 1. The number of rotatable bonds is 7. The van der Waals surface area contributed by atoms with Crippen LogP contribution in [0.1, 0.15) is 25.7 Å². The van der Waals surface area contributed by atoms with Gasteiger partial charge in [0.15, 0.2) is 0 Å². The number of hydrogen-bond donors (Lipinski definition) is 0. The molecule has 1 aliphatic heterocycles. The largest absolute Gasteiger partial charge is 0.497 e. The van der Waals surface area contributed by atoms with E-state index in [0.717, 1.165) is 40.4 Å². The summed E-state index contributed by atoms with van der Waals surface area (Å²) in [6.45, 7) is 4.67. The molecule has 0 radical (unpaired) electrons. The first-order valence-electron chi connectivity index (χ1n) is 11.8. The molecule has 2 aromatic heterocycles. The molecule has 1 fully saturated rings. The first-order valence-corrected chi connectivity index (χ1v) is 12.2. The second-order valence-electron chi connectivity index (χ2n) is 8.84. The normalized spacial score (nSPS) is 14.6. The molecule has 2 aromatic carbocycles. The number of likely N-dealkylation sites (tertiary alicyclic amines) is 1. The van der Waals surface area contributed by atoms with Crippen LogP contribution in [0.25, 0.3) is 33.2 Å². The van der Waals surface area contributed by atoms with Crippen LogP contribution in [-0.2, 0) is 6.54 Å². The van der Waals surface area contributed by atoms with E-state index >= 15 is 0 Å². The van der Waals surface area contributed by atoms with Gasteiger partial charge < -0.3 is 14.2 Å². The fourth-order valence-corrected chi connectivity index (χ4v) is 4.98. The molecule has 1 saturated heterocycles. The number of aryl methyl sites for hydroxylation is 1. The smallest absolute Gasteiger partial charge is 0.119 e. The van der Waals surface area contributed by atoms with Gasteiger partial charge in [0, 0.05) is 57.8 Å². The fraction of sp³-hybridized carbons (Fsp3) is 0.321. The third-order valence-corrected chi connectivity index (χ3v) is 6.89. The quantitative estimate of drug-likeness (QED) is 0.301. The number of nitrogens with zero attached hydrogens (tertiary/aromatic N) is 3. The summed E-state index contributed by atoms with van der Waals surface area (Å²) in [5.74, 6) is 0.872. The van der Waals surface area contributed by atoms with Gasteiger partial charge in [0.2, 0.25) is 0 Å². The van der Waals surface area contributed by atoms with Gasteiger partial charge in [-0.2, -0.15) is 0 Å². The molecule has 170 valence electrons. The molecule has 0 spiro atoms. The van der Waals surface area contributed by atoms with Gasteiger partial charge in [-0.15, -0.1) is 0 Å². The number of pyridine rings is 1. The van der Waals surface area contributed by atoms with Crippen LogP contribution < -0.4 is 4.74 Å². The van der Waals surface area contributed by atoms with Gasteiger partial charge in [-0.25, -0.2) is 0 Å². The minimum Gasteiger partial charge on any atom is -0.497 e. The number of piperidine rings is 1. The minimum absolute atomic E-state index is 0.739. The van der Waals surface area contributed by atoms with Crippen molar-refractivity contribution in [2.24, 2.45) is 0 Å². The van der Waals surface area contributed by atoms with Crippen molar-refractivity contribution in [2.75, 3.05) is 26.7 Å². The standard InChI is InChI=1S/C28H30ClN3O/c1-33-25-10-11-28-26(17-25)27(20-32(28)15-5-14-31-12-3-2-4-13-31)23-16-22(18-30-19-23)21-6-8-24(29)9-7-21/h6-11,16-20H,2-5,12-15H2,1H3. The van der Waals surface area contributed by atoms with E-state index < -0.39 is 0 Å². The predicted octanol–water partition coefficient (Wildman–Crippen LogP) is 6.91. The topological polar surface area (TPSA) is 30.3 Å². The van der Waals surface area contributed by atoms with Crippen LogP contribution in [0.5, 0.6) is 5.75 Å². The Balaban J connectivity index is 1.47. The third kappa shape index (κ3) is 4.92. The summed E-state index contributed by atoms with van der Waals surface area (Å²) in [6, 6.07) is 16.5. The Kier molecular flexibility index (Phi) is 6.65. The van der Waals surface area contributed by atoms with E-state index in [9.17, 15) is 0 Å². The van der Waals surface area contributed by atoms with Gasteiger partial charge in [-0.3, -0.25) is 4.98 Å². The van der Waals surface area contributed by atoms with Crippen molar-refractivity contribution in [1.82, 2.24) is 14.5 Å². The summed E-state index contributed by atoms with van der Waals surface area (Å²) >= 11 is 6.08. The second kappa shape index (κ2) is 9.98. The molecule has 0 N–H and O–H groups in total. The monoisotopic (exact) mass is 459 g/mol. The summed E-state index contributed by atoms with van der Waals surface area (Å²) in [4.78, 5) is 7.17. The van der Waals surface area contributed by atoms with Gasteiger partial charge in [-0.1, -0.05) is 30.2 Å². The van der Waals surface area contributed by atoms with Gasteiger partial charge in [0.1, 0.15) is 5.75 Å². The van der Waals surface area contributed by atoms with Gasteiger partial charge in [0.05, 0.1) is 7.11 Å². The molecule has 33 heavy (non-hydrogen) atoms. The summed E-state index contributed by atoms with van der Waals surface area (Å²) in [7, 11) is 1.72. The summed E-state index contributed by atoms with van der Waals surface area (Å²) in [6.07, 6.45) is 11.4. The van der Waals surface area contributed by atoms with Crippen LogP contribution in [0, 0.1) is 0 Å². The number of hydrogen-bond acceptors (Lipinski definition) is 3. The third-order valence-electron chi connectivity index (χ3n) is 6.64. The highest BCUT2D eigenvalue weighted by Gasteiger charge is 2.14. The van der Waals surface area contributed by atoms with Crippen molar-refractivity contribution in [2.45, 2.75) is 32.2 Å². The van der Waals surface area contributed by atoms with Gasteiger partial charge >= 0.3 is 0 Å². The first kappa shape index (κ1) is 22.0. The molecule has 0 aliphatic carbocycles. The van der Waals surface area contributed by atoms with E-state index in [1.54, 1.807) is 7.11 Å². The van der Waals surface area contributed by atoms with Crippen LogP contribution in [0.2, 0.25) is 5.02 Å². The zero-order valence-electron chi connectivity index (χ0n) is 19.1. The summed E-state index contributed by atoms with van der Waals surface area (Å²) in [5, 5.41) is 1.94. The molecule has 0 unspecified atom stereocenters. The van der Waals surface area contributed by atoms with Crippen LogP contribution in [-0.4, -0.2) is 41.2 Å². The Morgan fingerprint density at radius 1 is 0.879 bits per heavy atom. The molecular weight excluding hydrogens is 430 g/mol. The lowest BCUT2D eigenvalue weighted by molar-refractivity contribution is 0.223. The molecule has 1 aliphatic rings. The highest BCUT2D eigenvalue weighted by Crippen LogP contribution is 2.35. The zero-order chi connectivity index (χ0) is 22.6. The van der Waals surface area contributed by atoms with Crippen LogP contribution >= 0.6 is 11.6 Å². The van der Waals surface area contributed by atoms with Gasteiger partial charge in [0.25, 0.3) is 0 Å². The second-order valence-corrected chi connectivity index (χ2v) is 9.28. The number of aromatic nitrogens is 2. The molecule has 5 rings (SSSR count). The van der Waals surface area contributed by atoms with Crippen LogP contribution in [0.4, 0.5) is 0 Å². The molecule has 0 amide bonds. The van der Waals surface area contributed by atoms with E-state index in [1.165, 1.54) is 55.4 Å². The lowest BCUT2D eigenvalue weighted by Crippen LogP contribution is -2.31. The van der Waals surface area contributed by atoms with Crippen molar-refractivity contribution >= 4 is 22.5 Å². The van der Waals surface area contributed by atoms with E-state index in [4.69, 9.17) is 16.3 Å². The van der Waals surface area contributed by atoms with Gasteiger partial charge in [-0.05, 0) is 80.9 Å². The van der Waals surface area contributed by atoms with E-state index in [2.05, 4.69) is 44.9 Å². The Labute approximate surface area is 200 Å². The highest BCUT2D eigenvalue weighted by molar-refractivity contribution is 6.30. The Morgan fingerprint density at radius 3 is 2.45 bits per heavy atom. The van der Waals surface area contributed by atoms with E-state index in [0.29, 0.717) is 0 Å². The molecule has 0 saturated carbocycles. The maximum absolute atomic E-state index is 6.08. The van der Waals surface area contributed by atoms with Crippen molar-refractivity contribution in [1.29, 1.82) is 0 Å². The van der Waals surface area contributed by atoms with Crippen molar-refractivity contribution in [3.8, 4) is 28.0 Å². The molecular formula is C28H30ClN3O. The minimum atomic E-state index is 0.739. The maximum atomic E-state index is 6.08. The maximum Gasteiger partial charge on any atom is 0.119 e. The summed E-state index contributed by atoms with van der Waals surface area (Å²) in [5.41, 5.74) is 5.72. The SMILES string of the molecule is COc1ccc2c(c1)c(-c1cncc(-c3ccc(Cl)cc3)c1)cn2CCCN1CCCCC1. The molecule has 0 bridgehead atoms. The molecule has 0 atom stereocenters. The zero-order valence-corrected chi connectivity index (χ0v) is 19.9. The van der Waals surface area contributed by atoms with E-state index in [-0.39, 0.29) is 0 Å². The molecule has 4 aromatic rings. The predicted molar refractivity (Wildman–Crippen MR) is 137 cm³/mol. The number of methoxy groups -OCH3 is 1. The average molecular weight is 460 g/mol. The van der Waals surface area contributed by atoms with E-state index in [1.807, 2.05) is 36.7 Å². The first-order chi connectivity index (χ1) is 16.2. The fourth-order valence-electron chi connectivity index (χ4n) is 4.85. The Bertz CT molecular complexity index is 1230. The molecule has 3 heterocycles. The van der Waals surface area contributed by atoms with Crippen molar-refractivity contribution in [3.05, 3.63) is 72.1 Å². The lowest BCUT2D eigenvalue weighted by Gasteiger charge is -2.26. The van der Waals surface area contributed by atoms with Crippen molar-refractivity contribution in [3.63, 3.8) is 0 Å². The number of fused-ring (bicyclic) bond motifs is 1. The number of benzene rings is 2. The molecule has 5 heteroatoms. The van der Waals surface area contributed by atoms with Crippen LogP contribution in [0.15, 0.2) is 67.1 Å². The Morgan fingerprint density at radius 2 is 1.67 bits per heavy atom.